The number of aryl methyl sites for hydroxylation is 1. The molecule has 174 valence electrons. The number of aliphatic imine (C=N–C) groups is 1. The molecule has 6 nitrogen and oxygen atoms in total. The van der Waals surface area contributed by atoms with Crippen molar-refractivity contribution in [1.82, 2.24) is 0 Å². The van der Waals surface area contributed by atoms with E-state index < -0.39 is 12.0 Å². The Bertz CT molecular complexity index is 717. The van der Waals surface area contributed by atoms with Crippen molar-refractivity contribution in [3.63, 3.8) is 0 Å². The van der Waals surface area contributed by atoms with Gasteiger partial charge in [0.25, 0.3) is 0 Å². The van der Waals surface area contributed by atoms with E-state index in [-0.39, 0.29) is 38.6 Å². The van der Waals surface area contributed by atoms with Gasteiger partial charge in [-0.2, -0.15) is 0 Å². The summed E-state index contributed by atoms with van der Waals surface area (Å²) in [6.45, 7) is 11.2. The van der Waals surface area contributed by atoms with Crippen LogP contribution in [0.2, 0.25) is 0 Å². The van der Waals surface area contributed by atoms with E-state index in [0.717, 1.165) is 17.3 Å². The van der Waals surface area contributed by atoms with Crippen molar-refractivity contribution < 1.29 is 14.3 Å². The second-order valence-corrected chi connectivity index (χ2v) is 11.4. The lowest BCUT2D eigenvalue weighted by Crippen LogP contribution is -2.34. The number of ketones is 1. The maximum absolute atomic E-state index is 12.7. The maximum atomic E-state index is 12.7. The summed E-state index contributed by atoms with van der Waals surface area (Å²) >= 11 is 0. The van der Waals surface area contributed by atoms with Gasteiger partial charge in [-0.3, -0.25) is 14.6 Å². The first kappa shape index (κ1) is 27.3. The van der Waals surface area contributed by atoms with E-state index in [2.05, 4.69) is 18.3 Å². The largest absolute Gasteiger partial charge is 0.461 e. The Hall–Kier alpha value is -1.78. The minimum absolute atomic E-state index is 0.0967. The van der Waals surface area contributed by atoms with Crippen LogP contribution < -0.4 is 11.5 Å². The highest BCUT2D eigenvalue weighted by molar-refractivity contribution is 7.57. The van der Waals surface area contributed by atoms with Crippen molar-refractivity contribution in [3.8, 4) is 0 Å². The molecule has 0 saturated carbocycles. The van der Waals surface area contributed by atoms with E-state index >= 15 is 0 Å². The first-order valence-electron chi connectivity index (χ1n) is 11.0. The summed E-state index contributed by atoms with van der Waals surface area (Å²) in [4.78, 5) is 29.6. The van der Waals surface area contributed by atoms with Gasteiger partial charge >= 0.3 is 5.97 Å². The maximum Gasteiger partial charge on any atom is 0.309 e. The Balaban J connectivity index is 2.53. The molecule has 1 aromatic rings. The standard InChI is InChI=1S/C24H40N3O3P/c1-17(2)13-20(24(29)30-15-19-10-8-18(3)9-11-19)14-22(28)21(25)7-6-12-27-23(26)16-31(4)5/h8-11,17,20-21H,6-7,12-16,25H2,1-5H3,(H2,26,27)/t20-,21-/m1/s1. The fraction of sp³-hybridized carbons (Fsp3) is 0.625. The number of rotatable bonds is 14. The number of amidine groups is 1. The third-order valence-electron chi connectivity index (χ3n) is 4.92. The first-order chi connectivity index (χ1) is 14.6. The zero-order valence-corrected chi connectivity index (χ0v) is 20.7. The summed E-state index contributed by atoms with van der Waals surface area (Å²) in [5.41, 5.74) is 14.1. The quantitative estimate of drug-likeness (QED) is 0.147. The number of nitrogens with zero attached hydrogens (tertiary/aromatic N) is 1. The van der Waals surface area contributed by atoms with E-state index in [1.165, 1.54) is 0 Å². The smallest absolute Gasteiger partial charge is 0.309 e. The molecule has 7 heteroatoms. The highest BCUT2D eigenvalue weighted by atomic mass is 31.1. The van der Waals surface area contributed by atoms with Gasteiger partial charge in [-0.15, -0.1) is 7.92 Å². The molecule has 0 unspecified atom stereocenters. The van der Waals surface area contributed by atoms with Crippen LogP contribution in [-0.4, -0.2) is 49.7 Å². The fourth-order valence-corrected chi connectivity index (χ4v) is 4.00. The zero-order chi connectivity index (χ0) is 23.4. The van der Waals surface area contributed by atoms with Crippen LogP contribution in [0.1, 0.15) is 50.7 Å². The van der Waals surface area contributed by atoms with Crippen LogP contribution in [0.15, 0.2) is 29.3 Å². The third kappa shape index (κ3) is 12.0. The van der Waals surface area contributed by atoms with Gasteiger partial charge in [0, 0.05) is 19.1 Å². The van der Waals surface area contributed by atoms with Gasteiger partial charge in [-0.1, -0.05) is 43.7 Å². The van der Waals surface area contributed by atoms with Crippen molar-refractivity contribution in [3.05, 3.63) is 35.4 Å². The number of carbonyl (C=O) groups excluding carboxylic acids is 2. The monoisotopic (exact) mass is 449 g/mol. The van der Waals surface area contributed by atoms with E-state index in [1.807, 2.05) is 45.0 Å². The Morgan fingerprint density at radius 3 is 2.39 bits per heavy atom. The van der Waals surface area contributed by atoms with Crippen molar-refractivity contribution in [1.29, 1.82) is 0 Å². The topological polar surface area (TPSA) is 108 Å². The number of benzene rings is 1. The van der Waals surface area contributed by atoms with Crippen LogP contribution in [0.3, 0.4) is 0 Å². The summed E-state index contributed by atoms with van der Waals surface area (Å²) in [5, 5.41) is 0. The molecule has 1 aromatic carbocycles. The number of esters is 1. The van der Waals surface area contributed by atoms with E-state index in [4.69, 9.17) is 16.2 Å². The van der Waals surface area contributed by atoms with Crippen LogP contribution in [0.4, 0.5) is 0 Å². The summed E-state index contributed by atoms with van der Waals surface area (Å²) in [6.07, 6.45) is 2.79. The van der Waals surface area contributed by atoms with E-state index in [9.17, 15) is 9.59 Å². The van der Waals surface area contributed by atoms with Crippen molar-refractivity contribution in [2.45, 2.75) is 59.1 Å². The lowest BCUT2D eigenvalue weighted by molar-refractivity contribution is -0.152. The Kier molecular flexibility index (Phi) is 12.6. The van der Waals surface area contributed by atoms with E-state index in [1.54, 1.807) is 0 Å². The van der Waals surface area contributed by atoms with Crippen LogP contribution in [0, 0.1) is 18.8 Å². The lowest BCUT2D eigenvalue weighted by atomic mass is 9.90. The molecule has 4 N–H and O–H groups in total. The highest BCUT2D eigenvalue weighted by Gasteiger charge is 2.26. The average molecular weight is 450 g/mol. The fourth-order valence-electron chi connectivity index (χ4n) is 3.25. The lowest BCUT2D eigenvalue weighted by Gasteiger charge is -2.19. The predicted molar refractivity (Wildman–Crippen MR) is 131 cm³/mol. The van der Waals surface area contributed by atoms with Crippen molar-refractivity contribution in [2.75, 3.05) is 26.0 Å². The molecule has 0 aliphatic carbocycles. The van der Waals surface area contributed by atoms with E-state index in [0.29, 0.717) is 31.6 Å². The SMILES string of the molecule is Cc1ccc(COC(=O)[C@@H](CC(=O)[C@H](N)CCCN=C(N)CP(C)C)CC(C)C)cc1. The number of hydrogen-bond acceptors (Lipinski definition) is 5. The van der Waals surface area contributed by atoms with Gasteiger partial charge < -0.3 is 16.2 Å². The zero-order valence-electron chi connectivity index (χ0n) is 19.8. The molecule has 0 fully saturated rings. The minimum atomic E-state index is -0.592. The van der Waals surface area contributed by atoms with Gasteiger partial charge in [0.05, 0.1) is 17.8 Å². The molecule has 0 saturated heterocycles. The molecule has 1 rings (SSSR count). The Labute approximate surface area is 189 Å². The Morgan fingerprint density at radius 2 is 1.81 bits per heavy atom. The van der Waals surface area contributed by atoms with Gasteiger partial charge in [0.1, 0.15) is 12.4 Å². The molecule has 0 heterocycles. The number of ether oxygens (including phenoxy) is 1. The second kappa shape index (κ2) is 14.3. The van der Waals surface area contributed by atoms with Crippen molar-refractivity contribution in [2.24, 2.45) is 28.3 Å². The number of carbonyl (C=O) groups is 2. The number of hydrogen-bond donors (Lipinski definition) is 2. The Morgan fingerprint density at radius 1 is 1.16 bits per heavy atom. The molecular weight excluding hydrogens is 409 g/mol. The normalized spacial score (nSPS) is 14.0. The van der Waals surface area contributed by atoms with Crippen molar-refractivity contribution >= 4 is 25.5 Å². The van der Waals surface area contributed by atoms with Crippen LogP contribution in [0.5, 0.6) is 0 Å². The summed E-state index contributed by atoms with van der Waals surface area (Å²) in [7, 11) is -0.105. The molecule has 0 aliphatic rings. The second-order valence-electron chi connectivity index (χ2n) is 8.95. The highest BCUT2D eigenvalue weighted by Crippen LogP contribution is 2.23. The molecule has 31 heavy (non-hydrogen) atoms. The number of nitrogens with two attached hydrogens (primary N) is 2. The van der Waals surface area contributed by atoms with Crippen LogP contribution in [0.25, 0.3) is 0 Å². The predicted octanol–water partition coefficient (Wildman–Crippen LogP) is 3.87. The molecule has 0 spiro atoms. The van der Waals surface area contributed by atoms with Gasteiger partial charge in [0.2, 0.25) is 0 Å². The van der Waals surface area contributed by atoms with Gasteiger partial charge in [0.15, 0.2) is 0 Å². The number of Topliss-reactive ketones (excluding diaryl/α,β-unsaturated/α-hetero) is 1. The molecule has 0 amide bonds. The molecule has 2 atom stereocenters. The van der Waals surface area contributed by atoms with Gasteiger partial charge in [-0.25, -0.2) is 0 Å². The molecule has 0 radical (unpaired) electrons. The molecule has 0 aliphatic heterocycles. The first-order valence-corrected chi connectivity index (χ1v) is 13.4. The summed E-state index contributed by atoms with van der Waals surface area (Å²) < 4.78 is 5.51. The molecule has 0 bridgehead atoms. The van der Waals surface area contributed by atoms with Gasteiger partial charge in [-0.05, 0) is 51.0 Å². The average Bonchev–Trinajstić information content (AvgIpc) is 2.68. The summed E-state index contributed by atoms with van der Waals surface area (Å²) in [6, 6.07) is 7.26. The third-order valence-corrected chi connectivity index (χ3v) is 5.87. The van der Waals surface area contributed by atoms with Crippen LogP contribution >= 0.6 is 7.92 Å². The molecular formula is C24H40N3O3P. The minimum Gasteiger partial charge on any atom is -0.461 e. The van der Waals surface area contributed by atoms with Crippen LogP contribution in [-0.2, 0) is 20.9 Å². The molecule has 0 aromatic heterocycles. The summed E-state index contributed by atoms with van der Waals surface area (Å²) in [5.74, 6) is 0.0552.